The van der Waals surface area contributed by atoms with Gasteiger partial charge in [0, 0.05) is 4.88 Å². The lowest BCUT2D eigenvalue weighted by Gasteiger charge is -2.21. The molecule has 1 aliphatic rings. The van der Waals surface area contributed by atoms with Crippen molar-refractivity contribution in [3.8, 4) is 12.1 Å². The Morgan fingerprint density at radius 2 is 2.00 bits per heavy atom. The molecule has 0 fully saturated rings. The molecule has 17 heavy (non-hydrogen) atoms. The van der Waals surface area contributed by atoms with Crippen molar-refractivity contribution in [1.82, 2.24) is 0 Å². The molecule has 1 aromatic rings. The van der Waals surface area contributed by atoms with Crippen molar-refractivity contribution >= 4 is 23.1 Å². The second-order valence-electron chi connectivity index (χ2n) is 3.30. The van der Waals surface area contributed by atoms with Gasteiger partial charge in [0.25, 0.3) is 0 Å². The highest BCUT2D eigenvalue weighted by Crippen LogP contribution is 2.46. The highest BCUT2D eigenvalue weighted by Gasteiger charge is 2.29. The molecular weight excluding hydrogens is 252 g/mol. The Morgan fingerprint density at radius 3 is 2.53 bits per heavy atom. The van der Waals surface area contributed by atoms with Crippen LogP contribution in [0.4, 0.5) is 0 Å². The highest BCUT2D eigenvalue weighted by molar-refractivity contribution is 8.03. The van der Waals surface area contributed by atoms with Crippen molar-refractivity contribution in [2.24, 2.45) is 11.5 Å². The number of thiophene rings is 1. The first-order valence-electron chi connectivity index (χ1n) is 4.69. The largest absolute Gasteiger partial charge is 0.397 e. The molecule has 6 heteroatoms. The zero-order chi connectivity index (χ0) is 12.4. The molecule has 0 saturated heterocycles. The molecule has 0 radical (unpaired) electrons. The fraction of sp³-hybridized carbons (Fsp3) is 0.0909. The van der Waals surface area contributed by atoms with Crippen LogP contribution in [-0.4, -0.2) is 0 Å². The van der Waals surface area contributed by atoms with Gasteiger partial charge in [0.15, 0.2) is 0 Å². The van der Waals surface area contributed by atoms with Crippen LogP contribution in [0.15, 0.2) is 39.4 Å². The summed E-state index contributed by atoms with van der Waals surface area (Å²) < 4.78 is 0. The molecule has 1 atom stereocenters. The first-order chi connectivity index (χ1) is 8.19. The summed E-state index contributed by atoms with van der Waals surface area (Å²) in [6.45, 7) is 0. The van der Waals surface area contributed by atoms with Crippen LogP contribution < -0.4 is 11.5 Å². The molecule has 1 aromatic heterocycles. The van der Waals surface area contributed by atoms with E-state index in [1.54, 1.807) is 0 Å². The average Bonchev–Trinajstić information content (AvgIpc) is 2.82. The van der Waals surface area contributed by atoms with E-state index < -0.39 is 0 Å². The topological polar surface area (TPSA) is 99.6 Å². The average molecular weight is 260 g/mol. The summed E-state index contributed by atoms with van der Waals surface area (Å²) in [6, 6.07) is 7.85. The zero-order valence-electron chi connectivity index (χ0n) is 8.68. The minimum absolute atomic E-state index is 0.197. The zero-order valence-corrected chi connectivity index (χ0v) is 10.3. The van der Waals surface area contributed by atoms with Gasteiger partial charge in [0.2, 0.25) is 0 Å². The lowest BCUT2D eigenvalue weighted by molar-refractivity contribution is 1.11. The Bertz CT molecular complexity index is 584. The third kappa shape index (κ3) is 1.89. The summed E-state index contributed by atoms with van der Waals surface area (Å²) in [5.74, 6) is 0. The fourth-order valence-corrected chi connectivity index (χ4v) is 3.57. The van der Waals surface area contributed by atoms with Crippen molar-refractivity contribution in [2.45, 2.75) is 5.25 Å². The van der Waals surface area contributed by atoms with Crippen LogP contribution in [-0.2, 0) is 0 Å². The molecule has 84 valence electrons. The van der Waals surface area contributed by atoms with Crippen LogP contribution in [0.25, 0.3) is 0 Å². The Hall–Kier alpha value is -1.89. The van der Waals surface area contributed by atoms with E-state index in [4.69, 9.17) is 22.0 Å². The third-order valence-electron chi connectivity index (χ3n) is 2.35. The summed E-state index contributed by atoms with van der Waals surface area (Å²) in [6.07, 6.45) is 0. The van der Waals surface area contributed by atoms with Gasteiger partial charge in [0.1, 0.15) is 11.6 Å². The van der Waals surface area contributed by atoms with E-state index in [-0.39, 0.29) is 16.5 Å². The molecule has 0 saturated carbocycles. The summed E-state index contributed by atoms with van der Waals surface area (Å²) in [5, 5.41) is 20.2. The van der Waals surface area contributed by atoms with Crippen molar-refractivity contribution in [2.75, 3.05) is 0 Å². The van der Waals surface area contributed by atoms with Crippen LogP contribution in [0.2, 0.25) is 0 Å². The van der Waals surface area contributed by atoms with Gasteiger partial charge in [0.05, 0.1) is 27.6 Å². The number of nitriles is 2. The van der Waals surface area contributed by atoms with E-state index >= 15 is 0 Å². The van der Waals surface area contributed by atoms with Gasteiger partial charge in [-0.25, -0.2) is 0 Å². The number of hydrogen-bond donors (Lipinski definition) is 2. The van der Waals surface area contributed by atoms with Gasteiger partial charge in [-0.1, -0.05) is 17.8 Å². The predicted octanol–water partition coefficient (Wildman–Crippen LogP) is 1.97. The third-order valence-corrected chi connectivity index (χ3v) is 4.62. The summed E-state index contributed by atoms with van der Waals surface area (Å²) >= 11 is 2.84. The van der Waals surface area contributed by atoms with Gasteiger partial charge in [-0.15, -0.1) is 11.3 Å². The second-order valence-corrected chi connectivity index (χ2v) is 5.43. The summed E-state index contributed by atoms with van der Waals surface area (Å²) in [5.41, 5.74) is 12.4. The summed E-state index contributed by atoms with van der Waals surface area (Å²) in [4.78, 5) is 1.01. The molecule has 4 nitrogen and oxygen atoms in total. The maximum Gasteiger partial charge on any atom is 0.106 e. The van der Waals surface area contributed by atoms with Gasteiger partial charge in [-0.2, -0.15) is 10.5 Å². The van der Waals surface area contributed by atoms with E-state index in [1.165, 1.54) is 23.1 Å². The van der Waals surface area contributed by atoms with Crippen LogP contribution in [0, 0.1) is 22.7 Å². The molecule has 0 unspecified atom stereocenters. The van der Waals surface area contributed by atoms with Gasteiger partial charge in [-0.3, -0.25) is 0 Å². The van der Waals surface area contributed by atoms with E-state index in [1.807, 2.05) is 23.6 Å². The van der Waals surface area contributed by atoms with Gasteiger partial charge >= 0.3 is 0 Å². The van der Waals surface area contributed by atoms with Crippen LogP contribution >= 0.6 is 23.1 Å². The molecule has 0 aromatic carbocycles. The Kier molecular flexibility index (Phi) is 3.10. The second kappa shape index (κ2) is 4.54. The van der Waals surface area contributed by atoms with Crippen molar-refractivity contribution in [3.63, 3.8) is 0 Å². The number of rotatable bonds is 1. The first-order valence-corrected chi connectivity index (χ1v) is 6.45. The molecule has 4 N–H and O–H groups in total. The normalized spacial score (nSPS) is 20.0. The molecule has 0 aliphatic carbocycles. The smallest absolute Gasteiger partial charge is 0.106 e. The van der Waals surface area contributed by atoms with Crippen molar-refractivity contribution < 1.29 is 0 Å². The van der Waals surface area contributed by atoms with Crippen LogP contribution in [0.3, 0.4) is 0 Å². The molecule has 0 spiro atoms. The van der Waals surface area contributed by atoms with Gasteiger partial charge in [-0.05, 0) is 11.4 Å². The Morgan fingerprint density at radius 1 is 1.24 bits per heavy atom. The Balaban J connectivity index is 2.54. The quantitative estimate of drug-likeness (QED) is 0.804. The minimum Gasteiger partial charge on any atom is -0.397 e. The molecule has 2 rings (SSSR count). The van der Waals surface area contributed by atoms with E-state index in [0.717, 1.165) is 4.88 Å². The SMILES string of the molecule is N#CC1=C(N)S[C@H](c2cccs2)C(C#N)=C1N. The van der Waals surface area contributed by atoms with Crippen LogP contribution in [0.1, 0.15) is 10.1 Å². The first kappa shape index (κ1) is 11.6. The predicted molar refractivity (Wildman–Crippen MR) is 68.3 cm³/mol. The molecule has 0 amide bonds. The number of thioether (sulfide) groups is 1. The van der Waals surface area contributed by atoms with Crippen LogP contribution in [0.5, 0.6) is 0 Å². The monoisotopic (exact) mass is 260 g/mol. The van der Waals surface area contributed by atoms with Gasteiger partial charge < -0.3 is 11.5 Å². The number of allylic oxidation sites excluding steroid dienone is 1. The molecule has 2 heterocycles. The molecular formula is C11H8N4S2. The fourth-order valence-electron chi connectivity index (χ4n) is 1.53. The van der Waals surface area contributed by atoms with E-state index in [9.17, 15) is 0 Å². The maximum atomic E-state index is 9.16. The Labute approximate surface area is 107 Å². The van der Waals surface area contributed by atoms with Crippen molar-refractivity contribution in [3.05, 3.63) is 44.3 Å². The summed E-state index contributed by atoms with van der Waals surface area (Å²) in [7, 11) is 0. The van der Waals surface area contributed by atoms with Crippen molar-refractivity contribution in [1.29, 1.82) is 10.5 Å². The molecule has 1 aliphatic heterocycles. The number of nitrogens with zero attached hydrogens (tertiary/aromatic N) is 2. The maximum absolute atomic E-state index is 9.16. The highest BCUT2D eigenvalue weighted by atomic mass is 32.2. The lowest BCUT2D eigenvalue weighted by atomic mass is 10.1. The number of hydrogen-bond acceptors (Lipinski definition) is 6. The van der Waals surface area contributed by atoms with E-state index in [2.05, 4.69) is 6.07 Å². The van der Waals surface area contributed by atoms with E-state index in [0.29, 0.717) is 10.6 Å². The molecule has 0 bridgehead atoms. The minimum atomic E-state index is -0.197. The lowest BCUT2D eigenvalue weighted by Crippen LogP contribution is -2.17. The standard InChI is InChI=1S/C11H8N4S2/c12-4-6-9(14)7(5-13)11(15)17-10(6)8-2-1-3-16-8/h1-3,10H,14-15H2/t10-/m0/s1. The number of nitrogens with two attached hydrogens (primary N) is 2.